The van der Waals surface area contributed by atoms with Crippen LogP contribution in [0.25, 0.3) is 20.5 Å². The van der Waals surface area contributed by atoms with Crippen LogP contribution in [0.1, 0.15) is 57.6 Å². The molecule has 1 unspecified atom stereocenters. The number of amides is 2. The molecule has 1 atom stereocenters. The standard InChI is InChI=1S/C27H26FN5O2S/c1-13(2)10-17-20(25(29)34)21(19-12-15-8-9-31-26(30-3)24(15)36-19)22-23(32-17)18(33-27(22)35)11-14-4-6-16(28)7-5-14/h4-9,12-13,18H,10-11H2,1-3H3,(H2,29,34)(H,30,31)(H,33,35). The summed E-state index contributed by atoms with van der Waals surface area (Å²) in [7, 11) is 1.80. The van der Waals surface area contributed by atoms with Gasteiger partial charge in [0.1, 0.15) is 11.6 Å². The molecule has 36 heavy (non-hydrogen) atoms. The molecule has 0 bridgehead atoms. The second kappa shape index (κ2) is 9.31. The van der Waals surface area contributed by atoms with E-state index in [1.165, 1.54) is 23.5 Å². The lowest BCUT2D eigenvalue weighted by atomic mass is 9.91. The fourth-order valence-electron chi connectivity index (χ4n) is 4.75. The summed E-state index contributed by atoms with van der Waals surface area (Å²) in [6.07, 6.45) is 2.69. The van der Waals surface area contributed by atoms with Crippen molar-refractivity contribution in [3.05, 3.63) is 76.5 Å². The van der Waals surface area contributed by atoms with Gasteiger partial charge in [-0.3, -0.25) is 14.6 Å². The molecule has 0 aliphatic carbocycles. The first kappa shape index (κ1) is 23.9. The Bertz CT molecular complexity index is 1500. The Morgan fingerprint density at radius 1 is 1.22 bits per heavy atom. The smallest absolute Gasteiger partial charge is 0.254 e. The van der Waals surface area contributed by atoms with Crippen molar-refractivity contribution in [2.45, 2.75) is 32.7 Å². The minimum absolute atomic E-state index is 0.213. The van der Waals surface area contributed by atoms with Gasteiger partial charge in [-0.25, -0.2) is 9.37 Å². The molecule has 1 aliphatic rings. The predicted molar refractivity (Wildman–Crippen MR) is 140 cm³/mol. The molecule has 4 heterocycles. The van der Waals surface area contributed by atoms with E-state index in [1.807, 2.05) is 26.0 Å². The third kappa shape index (κ3) is 4.19. The van der Waals surface area contributed by atoms with Crippen molar-refractivity contribution in [1.82, 2.24) is 15.3 Å². The molecule has 4 N–H and O–H groups in total. The van der Waals surface area contributed by atoms with Crippen LogP contribution >= 0.6 is 11.3 Å². The third-order valence-electron chi connectivity index (χ3n) is 6.28. The quantitative estimate of drug-likeness (QED) is 0.334. The number of aromatic nitrogens is 2. The van der Waals surface area contributed by atoms with E-state index in [0.717, 1.165) is 26.3 Å². The van der Waals surface area contributed by atoms with Gasteiger partial charge in [-0.05, 0) is 54.0 Å². The van der Waals surface area contributed by atoms with E-state index in [4.69, 9.17) is 10.7 Å². The van der Waals surface area contributed by atoms with E-state index >= 15 is 0 Å². The van der Waals surface area contributed by atoms with Gasteiger partial charge in [0.2, 0.25) is 0 Å². The number of nitrogens with one attached hydrogen (secondary N) is 2. The van der Waals surface area contributed by atoms with Crippen LogP contribution in [0, 0.1) is 11.7 Å². The molecule has 184 valence electrons. The third-order valence-corrected chi connectivity index (χ3v) is 7.46. The number of benzene rings is 1. The maximum absolute atomic E-state index is 13.4. The second-order valence-electron chi connectivity index (χ2n) is 9.33. The van der Waals surface area contributed by atoms with Crippen molar-refractivity contribution in [3.63, 3.8) is 0 Å². The summed E-state index contributed by atoms with van der Waals surface area (Å²) < 4.78 is 14.4. The summed E-state index contributed by atoms with van der Waals surface area (Å²) in [5.41, 5.74) is 9.13. The number of nitrogens with zero attached hydrogens (tertiary/aromatic N) is 2. The molecule has 7 nitrogen and oxygen atoms in total. The lowest BCUT2D eigenvalue weighted by Crippen LogP contribution is -2.21. The lowest BCUT2D eigenvalue weighted by molar-refractivity contribution is 0.0956. The highest BCUT2D eigenvalue weighted by Gasteiger charge is 2.37. The zero-order chi connectivity index (χ0) is 25.6. The number of anilines is 1. The molecule has 0 fully saturated rings. The highest BCUT2D eigenvalue weighted by Crippen LogP contribution is 2.43. The number of hydrogen-bond acceptors (Lipinski definition) is 6. The van der Waals surface area contributed by atoms with Crippen molar-refractivity contribution >= 4 is 39.1 Å². The van der Waals surface area contributed by atoms with Crippen molar-refractivity contribution in [1.29, 1.82) is 0 Å². The number of rotatable bonds is 7. The Morgan fingerprint density at radius 3 is 2.64 bits per heavy atom. The summed E-state index contributed by atoms with van der Waals surface area (Å²) >= 11 is 1.45. The number of primary amides is 1. The Balaban J connectivity index is 1.75. The molecule has 1 aliphatic heterocycles. The SMILES string of the molecule is CNc1nccc2cc(-c3c(C(N)=O)c(CC(C)C)nc4c3C(=O)NC4Cc3ccc(F)cc3)sc12. The molecule has 0 saturated carbocycles. The van der Waals surface area contributed by atoms with Crippen LogP contribution in [-0.4, -0.2) is 28.8 Å². The molecule has 0 radical (unpaired) electrons. The summed E-state index contributed by atoms with van der Waals surface area (Å²) in [4.78, 5) is 36.2. The second-order valence-corrected chi connectivity index (χ2v) is 10.4. The predicted octanol–water partition coefficient (Wildman–Crippen LogP) is 4.86. The molecule has 0 saturated heterocycles. The summed E-state index contributed by atoms with van der Waals surface area (Å²) in [5, 5.41) is 7.07. The highest BCUT2D eigenvalue weighted by atomic mass is 32.1. The van der Waals surface area contributed by atoms with Crippen LogP contribution in [0.2, 0.25) is 0 Å². The molecule has 9 heteroatoms. The number of carbonyl (C=O) groups excluding carboxylic acids is 2. The van der Waals surface area contributed by atoms with E-state index in [1.54, 1.807) is 25.4 Å². The first-order valence-corrected chi connectivity index (χ1v) is 12.6. The fourth-order valence-corrected chi connectivity index (χ4v) is 5.96. The van der Waals surface area contributed by atoms with E-state index in [-0.39, 0.29) is 23.2 Å². The zero-order valence-corrected chi connectivity index (χ0v) is 21.0. The highest BCUT2D eigenvalue weighted by molar-refractivity contribution is 7.22. The number of hydrogen-bond donors (Lipinski definition) is 3. The Labute approximate surface area is 212 Å². The number of fused-ring (bicyclic) bond motifs is 2. The first-order valence-electron chi connectivity index (χ1n) is 11.7. The maximum atomic E-state index is 13.4. The van der Waals surface area contributed by atoms with Gasteiger partial charge in [0.05, 0.1) is 33.3 Å². The minimum atomic E-state index is -0.616. The molecular formula is C27H26FN5O2S. The van der Waals surface area contributed by atoms with Gasteiger partial charge in [0.15, 0.2) is 0 Å². The largest absolute Gasteiger partial charge is 0.372 e. The van der Waals surface area contributed by atoms with Crippen molar-refractivity contribution in [3.8, 4) is 10.4 Å². The summed E-state index contributed by atoms with van der Waals surface area (Å²) in [6.45, 7) is 4.09. The molecule has 5 rings (SSSR count). The van der Waals surface area contributed by atoms with Crippen molar-refractivity contribution in [2.24, 2.45) is 11.7 Å². The average molecular weight is 504 g/mol. The Hall–Kier alpha value is -3.85. The van der Waals surface area contributed by atoms with Gasteiger partial charge in [0.25, 0.3) is 11.8 Å². The van der Waals surface area contributed by atoms with E-state index in [9.17, 15) is 14.0 Å². The number of pyridine rings is 2. The number of thiophene rings is 1. The Kier molecular flexibility index (Phi) is 6.17. The topological polar surface area (TPSA) is 110 Å². The molecule has 3 aromatic heterocycles. The van der Waals surface area contributed by atoms with Gasteiger partial charge in [-0.2, -0.15) is 0 Å². The van der Waals surface area contributed by atoms with E-state index in [2.05, 4.69) is 15.6 Å². The van der Waals surface area contributed by atoms with Crippen LogP contribution in [0.3, 0.4) is 0 Å². The molecule has 2 amide bonds. The van der Waals surface area contributed by atoms with E-state index < -0.39 is 11.9 Å². The number of halogens is 1. The average Bonchev–Trinajstić information content (AvgIpc) is 3.40. The lowest BCUT2D eigenvalue weighted by Gasteiger charge is -2.17. The maximum Gasteiger partial charge on any atom is 0.254 e. The van der Waals surface area contributed by atoms with E-state index in [0.29, 0.717) is 35.4 Å². The van der Waals surface area contributed by atoms with Crippen molar-refractivity contribution in [2.75, 3.05) is 12.4 Å². The van der Waals surface area contributed by atoms with Crippen LogP contribution in [0.15, 0.2) is 42.6 Å². The van der Waals surface area contributed by atoms with Gasteiger partial charge >= 0.3 is 0 Å². The molecular weight excluding hydrogens is 477 g/mol. The summed E-state index contributed by atoms with van der Waals surface area (Å²) in [6, 6.07) is 9.65. The molecule has 4 aromatic rings. The molecule has 1 aromatic carbocycles. The van der Waals surface area contributed by atoms with Crippen LogP contribution in [0.5, 0.6) is 0 Å². The van der Waals surface area contributed by atoms with Gasteiger partial charge in [-0.15, -0.1) is 11.3 Å². The van der Waals surface area contributed by atoms with Gasteiger partial charge in [-0.1, -0.05) is 26.0 Å². The number of nitrogens with two attached hydrogens (primary N) is 1. The normalized spacial score (nSPS) is 14.8. The fraction of sp³-hybridized carbons (Fsp3) is 0.259. The monoisotopic (exact) mass is 503 g/mol. The first-order chi connectivity index (χ1) is 17.3. The number of carbonyl (C=O) groups is 2. The van der Waals surface area contributed by atoms with Crippen molar-refractivity contribution < 1.29 is 14.0 Å². The summed E-state index contributed by atoms with van der Waals surface area (Å²) in [5.74, 6) is -0.306. The Morgan fingerprint density at radius 2 is 1.97 bits per heavy atom. The van der Waals surface area contributed by atoms with Gasteiger partial charge < -0.3 is 16.4 Å². The minimum Gasteiger partial charge on any atom is -0.372 e. The van der Waals surface area contributed by atoms with Gasteiger partial charge in [0, 0.05) is 23.7 Å². The van der Waals surface area contributed by atoms with Crippen LogP contribution in [-0.2, 0) is 12.8 Å². The zero-order valence-electron chi connectivity index (χ0n) is 20.2. The van der Waals surface area contributed by atoms with Crippen LogP contribution in [0.4, 0.5) is 10.2 Å². The molecule has 0 spiro atoms. The van der Waals surface area contributed by atoms with Crippen LogP contribution < -0.4 is 16.4 Å².